The minimum Gasteiger partial charge on any atom is -0.454 e. The van der Waals surface area contributed by atoms with Crippen molar-refractivity contribution in [2.45, 2.75) is 25.0 Å². The summed E-state index contributed by atoms with van der Waals surface area (Å²) in [5.41, 5.74) is 0.217. The molecule has 1 atom stereocenters. The predicted molar refractivity (Wildman–Crippen MR) is 111 cm³/mol. The number of ether oxygens (including phenoxy) is 3. The molecule has 2 heterocycles. The first-order valence-corrected chi connectivity index (χ1v) is 10.4. The average Bonchev–Trinajstić information content (AvgIpc) is 3.30. The molecular formula is C23H26N2O6. The van der Waals surface area contributed by atoms with Crippen molar-refractivity contribution < 1.29 is 28.9 Å². The van der Waals surface area contributed by atoms with E-state index in [9.17, 15) is 14.7 Å². The second-order valence-corrected chi connectivity index (χ2v) is 7.73. The number of carbonyl (C=O) groups is 2. The van der Waals surface area contributed by atoms with Gasteiger partial charge in [-0.25, -0.2) is 0 Å². The fourth-order valence-electron chi connectivity index (χ4n) is 3.99. The van der Waals surface area contributed by atoms with Gasteiger partial charge in [0.2, 0.25) is 6.79 Å². The minimum atomic E-state index is -1.28. The van der Waals surface area contributed by atoms with E-state index in [2.05, 4.69) is 10.6 Å². The maximum Gasteiger partial charge on any atom is 0.309 e. The van der Waals surface area contributed by atoms with Crippen LogP contribution in [0.3, 0.4) is 0 Å². The van der Waals surface area contributed by atoms with Crippen molar-refractivity contribution in [3.8, 4) is 11.5 Å². The van der Waals surface area contributed by atoms with Crippen LogP contribution in [-0.2, 0) is 26.5 Å². The maximum absolute atomic E-state index is 12.4. The van der Waals surface area contributed by atoms with Gasteiger partial charge >= 0.3 is 11.8 Å². The van der Waals surface area contributed by atoms with Crippen LogP contribution in [-0.4, -0.2) is 43.5 Å². The zero-order chi connectivity index (χ0) is 21.7. The van der Waals surface area contributed by atoms with Gasteiger partial charge in [-0.05, 0) is 42.0 Å². The standard InChI is InChI=1S/C23H26N2O6/c26-21(24-13-16-6-7-19-20(12-16)31-15-30-19)22(27)25-14-23(28,17-4-2-1-3-5-17)18-8-10-29-11-9-18/h1-7,12,18,28H,8-11,13-15H2,(H,24,26)(H,25,27)/t23-/m0/s1. The number of rotatable bonds is 6. The van der Waals surface area contributed by atoms with Crippen molar-refractivity contribution in [2.75, 3.05) is 26.6 Å². The molecule has 164 valence electrons. The van der Waals surface area contributed by atoms with E-state index in [1.807, 2.05) is 30.3 Å². The first-order chi connectivity index (χ1) is 15.1. The lowest BCUT2D eigenvalue weighted by Gasteiger charge is -2.39. The molecule has 0 aromatic heterocycles. The summed E-state index contributed by atoms with van der Waals surface area (Å²) in [6.45, 7) is 1.41. The zero-order valence-corrected chi connectivity index (χ0v) is 17.1. The molecule has 0 spiro atoms. The second-order valence-electron chi connectivity index (χ2n) is 7.73. The first-order valence-electron chi connectivity index (χ1n) is 10.4. The normalized spacial score (nSPS) is 17.6. The number of fused-ring (bicyclic) bond motifs is 1. The largest absolute Gasteiger partial charge is 0.454 e. The molecule has 1 saturated heterocycles. The van der Waals surface area contributed by atoms with Gasteiger partial charge in [-0.3, -0.25) is 9.59 Å². The number of hydrogen-bond acceptors (Lipinski definition) is 6. The van der Waals surface area contributed by atoms with Crippen LogP contribution >= 0.6 is 0 Å². The third-order valence-electron chi connectivity index (χ3n) is 5.79. The van der Waals surface area contributed by atoms with Crippen LogP contribution in [0.4, 0.5) is 0 Å². The van der Waals surface area contributed by atoms with E-state index in [1.54, 1.807) is 18.2 Å². The summed E-state index contributed by atoms with van der Waals surface area (Å²) >= 11 is 0. The van der Waals surface area contributed by atoms with E-state index in [0.29, 0.717) is 43.1 Å². The molecule has 2 aliphatic heterocycles. The van der Waals surface area contributed by atoms with Gasteiger partial charge < -0.3 is 30.0 Å². The lowest BCUT2D eigenvalue weighted by molar-refractivity contribution is -0.140. The Morgan fingerprint density at radius 3 is 2.45 bits per heavy atom. The highest BCUT2D eigenvalue weighted by molar-refractivity contribution is 6.35. The summed E-state index contributed by atoms with van der Waals surface area (Å²) in [6, 6.07) is 14.6. The lowest BCUT2D eigenvalue weighted by atomic mass is 9.77. The summed E-state index contributed by atoms with van der Waals surface area (Å²) in [4.78, 5) is 24.7. The van der Waals surface area contributed by atoms with Gasteiger partial charge in [-0.15, -0.1) is 0 Å². The molecule has 0 saturated carbocycles. The van der Waals surface area contributed by atoms with Crippen molar-refractivity contribution in [2.24, 2.45) is 5.92 Å². The Bertz CT molecular complexity index is 929. The molecule has 0 aliphatic carbocycles. The molecule has 2 aliphatic rings. The van der Waals surface area contributed by atoms with E-state index in [-0.39, 0.29) is 25.8 Å². The highest BCUT2D eigenvalue weighted by atomic mass is 16.7. The van der Waals surface area contributed by atoms with E-state index < -0.39 is 17.4 Å². The van der Waals surface area contributed by atoms with Gasteiger partial charge in [0, 0.05) is 19.8 Å². The molecule has 3 N–H and O–H groups in total. The topological polar surface area (TPSA) is 106 Å². The Hall–Kier alpha value is -3.10. The molecule has 8 heteroatoms. The third kappa shape index (κ3) is 4.81. The Labute approximate surface area is 180 Å². The van der Waals surface area contributed by atoms with E-state index in [0.717, 1.165) is 5.56 Å². The zero-order valence-electron chi connectivity index (χ0n) is 17.1. The summed E-state index contributed by atoms with van der Waals surface area (Å²) in [6.07, 6.45) is 1.36. The van der Waals surface area contributed by atoms with E-state index >= 15 is 0 Å². The van der Waals surface area contributed by atoms with Crippen LogP contribution in [0.2, 0.25) is 0 Å². The molecule has 4 rings (SSSR count). The fraction of sp³-hybridized carbons (Fsp3) is 0.391. The summed E-state index contributed by atoms with van der Waals surface area (Å²) in [5, 5.41) is 16.7. The highest BCUT2D eigenvalue weighted by Crippen LogP contribution is 2.36. The quantitative estimate of drug-likeness (QED) is 0.604. The van der Waals surface area contributed by atoms with Gasteiger partial charge in [0.1, 0.15) is 5.60 Å². The molecule has 2 aromatic carbocycles. The molecule has 0 unspecified atom stereocenters. The Morgan fingerprint density at radius 2 is 1.68 bits per heavy atom. The Balaban J connectivity index is 1.36. The van der Waals surface area contributed by atoms with Crippen molar-refractivity contribution >= 4 is 11.8 Å². The number of carbonyl (C=O) groups excluding carboxylic acids is 2. The van der Waals surface area contributed by atoms with Crippen molar-refractivity contribution in [3.05, 3.63) is 59.7 Å². The van der Waals surface area contributed by atoms with E-state index in [4.69, 9.17) is 14.2 Å². The Morgan fingerprint density at radius 1 is 0.968 bits per heavy atom. The number of nitrogens with one attached hydrogen (secondary N) is 2. The van der Waals surface area contributed by atoms with Crippen molar-refractivity contribution in [1.82, 2.24) is 10.6 Å². The van der Waals surface area contributed by atoms with Crippen LogP contribution in [0.25, 0.3) is 0 Å². The lowest BCUT2D eigenvalue weighted by Crippen LogP contribution is -2.50. The number of aliphatic hydroxyl groups is 1. The summed E-state index contributed by atoms with van der Waals surface area (Å²) < 4.78 is 16.0. The average molecular weight is 426 g/mol. The Kier molecular flexibility index (Phi) is 6.39. The monoisotopic (exact) mass is 426 g/mol. The van der Waals surface area contributed by atoms with Gasteiger partial charge in [-0.1, -0.05) is 36.4 Å². The number of benzene rings is 2. The molecule has 0 radical (unpaired) electrons. The molecule has 8 nitrogen and oxygen atoms in total. The third-order valence-corrected chi connectivity index (χ3v) is 5.79. The minimum absolute atomic E-state index is 0.0576. The van der Waals surface area contributed by atoms with Crippen LogP contribution in [0.15, 0.2) is 48.5 Å². The van der Waals surface area contributed by atoms with Crippen LogP contribution in [0.5, 0.6) is 11.5 Å². The van der Waals surface area contributed by atoms with E-state index in [1.165, 1.54) is 0 Å². The maximum atomic E-state index is 12.4. The summed E-state index contributed by atoms with van der Waals surface area (Å²) in [7, 11) is 0. The van der Waals surface area contributed by atoms with Crippen molar-refractivity contribution in [1.29, 1.82) is 0 Å². The molecule has 2 amide bonds. The number of amides is 2. The van der Waals surface area contributed by atoms with Crippen LogP contribution in [0, 0.1) is 5.92 Å². The van der Waals surface area contributed by atoms with Gasteiger partial charge in [0.05, 0.1) is 6.54 Å². The van der Waals surface area contributed by atoms with Crippen LogP contribution in [0.1, 0.15) is 24.0 Å². The van der Waals surface area contributed by atoms with Gasteiger partial charge in [0.15, 0.2) is 11.5 Å². The number of hydrogen-bond donors (Lipinski definition) is 3. The molecule has 31 heavy (non-hydrogen) atoms. The summed E-state index contributed by atoms with van der Waals surface area (Å²) in [5.74, 6) is -0.371. The molecule has 1 fully saturated rings. The molecule has 2 aromatic rings. The van der Waals surface area contributed by atoms with Crippen molar-refractivity contribution in [3.63, 3.8) is 0 Å². The van der Waals surface area contributed by atoms with Gasteiger partial charge in [0.25, 0.3) is 0 Å². The predicted octanol–water partition coefficient (Wildman–Crippen LogP) is 1.46. The molecule has 0 bridgehead atoms. The second kappa shape index (κ2) is 9.36. The highest BCUT2D eigenvalue weighted by Gasteiger charge is 2.39. The first kappa shape index (κ1) is 21.1. The smallest absolute Gasteiger partial charge is 0.309 e. The fourth-order valence-corrected chi connectivity index (χ4v) is 3.99. The van der Waals surface area contributed by atoms with Crippen LogP contribution < -0.4 is 20.1 Å². The molecular weight excluding hydrogens is 400 g/mol. The SMILES string of the molecule is O=C(NCc1ccc2c(c1)OCO2)C(=O)NC[C@](O)(c1ccccc1)C1CCOCC1. The van der Waals surface area contributed by atoms with Gasteiger partial charge in [-0.2, -0.15) is 0 Å².